The molecule has 0 saturated heterocycles. The van der Waals surface area contributed by atoms with Crippen LogP contribution in [0.25, 0.3) is 16.6 Å². The maximum atomic E-state index is 12.3. The molecule has 0 fully saturated rings. The summed E-state index contributed by atoms with van der Waals surface area (Å²) in [6, 6.07) is 15.5. The molecule has 0 aliphatic carbocycles. The van der Waals surface area contributed by atoms with Gasteiger partial charge in [0.1, 0.15) is 5.82 Å². The number of nitrogens with one attached hydrogen (secondary N) is 1. The summed E-state index contributed by atoms with van der Waals surface area (Å²) in [7, 11) is 0. The van der Waals surface area contributed by atoms with Gasteiger partial charge < -0.3 is 5.32 Å². The number of hydrogen-bond donors (Lipinski definition) is 1. The van der Waals surface area contributed by atoms with E-state index in [1.165, 1.54) is 11.8 Å². The zero-order valence-electron chi connectivity index (χ0n) is 14.4. The van der Waals surface area contributed by atoms with Crippen molar-refractivity contribution < 1.29 is 4.79 Å². The first-order valence-electron chi connectivity index (χ1n) is 8.22. The van der Waals surface area contributed by atoms with Crippen molar-refractivity contribution in [2.45, 2.75) is 19.0 Å². The van der Waals surface area contributed by atoms with E-state index in [2.05, 4.69) is 20.4 Å². The zero-order valence-corrected chi connectivity index (χ0v) is 15.2. The molecule has 0 aliphatic heterocycles. The summed E-state index contributed by atoms with van der Waals surface area (Å²) in [4.78, 5) is 21.5. The van der Waals surface area contributed by atoms with Gasteiger partial charge in [0.25, 0.3) is 0 Å². The van der Waals surface area contributed by atoms with E-state index < -0.39 is 0 Å². The average molecular weight is 363 g/mol. The molecule has 7 heteroatoms. The number of benzene rings is 2. The number of para-hydroxylation sites is 2. The highest BCUT2D eigenvalue weighted by Crippen LogP contribution is 2.24. The Labute approximate surface area is 154 Å². The van der Waals surface area contributed by atoms with Crippen LogP contribution >= 0.6 is 11.8 Å². The van der Waals surface area contributed by atoms with Crippen molar-refractivity contribution in [1.29, 1.82) is 0 Å². The van der Waals surface area contributed by atoms with Crippen LogP contribution in [-0.4, -0.2) is 31.2 Å². The largest absolute Gasteiger partial charge is 0.325 e. The lowest BCUT2D eigenvalue weighted by Gasteiger charge is -2.08. The van der Waals surface area contributed by atoms with Crippen LogP contribution in [0.2, 0.25) is 0 Å². The second-order valence-electron chi connectivity index (χ2n) is 5.96. The topological polar surface area (TPSA) is 72.2 Å². The molecule has 0 aliphatic rings. The zero-order chi connectivity index (χ0) is 18.1. The maximum Gasteiger partial charge on any atom is 0.234 e. The van der Waals surface area contributed by atoms with Gasteiger partial charge in [-0.15, -0.1) is 5.10 Å². The summed E-state index contributed by atoms with van der Waals surface area (Å²) >= 11 is 1.35. The molecule has 0 bridgehead atoms. The summed E-state index contributed by atoms with van der Waals surface area (Å²) in [5, 5.41) is 8.97. The molecular formula is C19H17N5OS. The number of carbonyl (C=O) groups excluding carboxylic acids is 1. The predicted molar refractivity (Wildman–Crippen MR) is 104 cm³/mol. The molecule has 0 radical (unpaired) electrons. The molecule has 0 spiro atoms. The molecule has 1 N–H and O–H groups in total. The van der Waals surface area contributed by atoms with E-state index in [0.29, 0.717) is 11.0 Å². The lowest BCUT2D eigenvalue weighted by Crippen LogP contribution is -2.15. The predicted octanol–water partition coefficient (Wildman–Crippen LogP) is 3.63. The lowest BCUT2D eigenvalue weighted by molar-refractivity contribution is -0.113. The average Bonchev–Trinajstić information content (AvgIpc) is 3.03. The van der Waals surface area contributed by atoms with Crippen LogP contribution < -0.4 is 5.32 Å². The van der Waals surface area contributed by atoms with E-state index in [1.807, 2.05) is 62.4 Å². The first-order chi connectivity index (χ1) is 12.6. The summed E-state index contributed by atoms with van der Waals surface area (Å²) in [5.74, 6) is 0.840. The van der Waals surface area contributed by atoms with Gasteiger partial charge in [0, 0.05) is 11.1 Å². The minimum Gasteiger partial charge on any atom is -0.325 e. The SMILES string of the molecule is Cc1nc2c3ccccc3nc(SCC(=O)Nc3ccccc3C)n2n1. The van der Waals surface area contributed by atoms with Gasteiger partial charge >= 0.3 is 0 Å². The number of thioether (sulfide) groups is 1. The Kier molecular flexibility index (Phi) is 4.30. The molecule has 0 saturated carbocycles. The third kappa shape index (κ3) is 3.13. The van der Waals surface area contributed by atoms with Crippen molar-refractivity contribution in [1.82, 2.24) is 19.6 Å². The van der Waals surface area contributed by atoms with Crippen molar-refractivity contribution in [2.24, 2.45) is 0 Å². The van der Waals surface area contributed by atoms with E-state index in [-0.39, 0.29) is 11.7 Å². The third-order valence-corrected chi connectivity index (χ3v) is 4.94. The Morgan fingerprint density at radius 2 is 1.85 bits per heavy atom. The Morgan fingerprint density at radius 1 is 1.08 bits per heavy atom. The van der Waals surface area contributed by atoms with Crippen molar-refractivity contribution in [3.63, 3.8) is 0 Å². The number of aryl methyl sites for hydroxylation is 2. The van der Waals surface area contributed by atoms with E-state index in [4.69, 9.17) is 0 Å². The monoisotopic (exact) mass is 363 g/mol. The number of rotatable bonds is 4. The highest BCUT2D eigenvalue weighted by molar-refractivity contribution is 7.99. The number of amides is 1. The van der Waals surface area contributed by atoms with Crippen LogP contribution in [0.1, 0.15) is 11.4 Å². The molecule has 2 aromatic heterocycles. The molecule has 2 aromatic carbocycles. The maximum absolute atomic E-state index is 12.3. The number of carbonyl (C=O) groups is 1. The summed E-state index contributed by atoms with van der Waals surface area (Å²) in [5.41, 5.74) is 3.46. The fourth-order valence-corrected chi connectivity index (χ4v) is 3.50. The molecule has 0 atom stereocenters. The van der Waals surface area contributed by atoms with Crippen LogP contribution in [-0.2, 0) is 4.79 Å². The van der Waals surface area contributed by atoms with Gasteiger partial charge in [-0.05, 0) is 37.6 Å². The smallest absolute Gasteiger partial charge is 0.234 e. The van der Waals surface area contributed by atoms with Crippen LogP contribution in [0, 0.1) is 13.8 Å². The van der Waals surface area contributed by atoms with Crippen molar-refractivity contribution in [3.8, 4) is 0 Å². The van der Waals surface area contributed by atoms with Gasteiger partial charge in [0.05, 0.1) is 11.3 Å². The molecule has 2 heterocycles. The summed E-state index contributed by atoms with van der Waals surface area (Å²) in [6.07, 6.45) is 0. The van der Waals surface area contributed by atoms with E-state index in [1.54, 1.807) is 4.52 Å². The highest BCUT2D eigenvalue weighted by Gasteiger charge is 2.14. The number of anilines is 1. The number of fused-ring (bicyclic) bond motifs is 3. The first kappa shape index (κ1) is 16.5. The van der Waals surface area contributed by atoms with E-state index >= 15 is 0 Å². The van der Waals surface area contributed by atoms with Crippen LogP contribution in [0.4, 0.5) is 5.69 Å². The number of hydrogen-bond acceptors (Lipinski definition) is 5. The highest BCUT2D eigenvalue weighted by atomic mass is 32.2. The summed E-state index contributed by atoms with van der Waals surface area (Å²) in [6.45, 7) is 3.82. The second-order valence-corrected chi connectivity index (χ2v) is 6.90. The van der Waals surface area contributed by atoms with Gasteiger partial charge in [-0.25, -0.2) is 9.97 Å². The van der Waals surface area contributed by atoms with Crippen LogP contribution in [0.3, 0.4) is 0 Å². The van der Waals surface area contributed by atoms with Gasteiger partial charge in [-0.1, -0.05) is 42.1 Å². The molecular weight excluding hydrogens is 346 g/mol. The van der Waals surface area contributed by atoms with Crippen LogP contribution in [0.15, 0.2) is 53.7 Å². The molecule has 6 nitrogen and oxygen atoms in total. The standard InChI is InChI=1S/C19H17N5OS/c1-12-7-3-5-9-15(12)21-17(25)11-26-19-22-16-10-6-4-8-14(16)18-20-13(2)23-24(18)19/h3-10H,11H2,1-2H3,(H,21,25). The molecule has 0 unspecified atom stereocenters. The van der Waals surface area contributed by atoms with Crippen molar-refractivity contribution in [2.75, 3.05) is 11.1 Å². The van der Waals surface area contributed by atoms with Crippen molar-refractivity contribution >= 4 is 39.9 Å². The molecule has 1 amide bonds. The van der Waals surface area contributed by atoms with Crippen LogP contribution in [0.5, 0.6) is 0 Å². The first-order valence-corrected chi connectivity index (χ1v) is 9.21. The summed E-state index contributed by atoms with van der Waals surface area (Å²) < 4.78 is 1.71. The molecule has 4 aromatic rings. The molecule has 26 heavy (non-hydrogen) atoms. The van der Waals surface area contributed by atoms with Gasteiger partial charge in [-0.2, -0.15) is 4.52 Å². The number of nitrogens with zero attached hydrogens (tertiary/aromatic N) is 4. The normalized spacial score (nSPS) is 11.2. The lowest BCUT2D eigenvalue weighted by atomic mass is 10.2. The minimum absolute atomic E-state index is 0.0794. The Balaban J connectivity index is 1.60. The van der Waals surface area contributed by atoms with E-state index in [9.17, 15) is 4.79 Å². The van der Waals surface area contributed by atoms with Crippen molar-refractivity contribution in [3.05, 3.63) is 59.9 Å². The fraction of sp³-hybridized carbons (Fsp3) is 0.158. The Morgan fingerprint density at radius 3 is 2.69 bits per heavy atom. The van der Waals surface area contributed by atoms with Gasteiger partial charge in [0.15, 0.2) is 10.8 Å². The Hall–Kier alpha value is -2.93. The number of aromatic nitrogens is 4. The molecule has 130 valence electrons. The fourth-order valence-electron chi connectivity index (χ4n) is 2.76. The third-order valence-electron chi connectivity index (χ3n) is 4.01. The minimum atomic E-state index is -0.0794. The second kappa shape index (κ2) is 6.76. The quantitative estimate of drug-likeness (QED) is 0.443. The molecule has 4 rings (SSSR count). The Bertz CT molecular complexity index is 1120. The van der Waals surface area contributed by atoms with Gasteiger partial charge in [0.2, 0.25) is 5.91 Å². The van der Waals surface area contributed by atoms with Gasteiger partial charge in [-0.3, -0.25) is 4.79 Å². The van der Waals surface area contributed by atoms with E-state index in [0.717, 1.165) is 27.8 Å².